The largest absolute Gasteiger partial charge is 0.469 e. The topological polar surface area (TPSA) is 26.3 Å². The summed E-state index contributed by atoms with van der Waals surface area (Å²) in [4.78, 5) is 11.3. The average Bonchev–Trinajstić information content (AvgIpc) is 2.70. The fourth-order valence-electron chi connectivity index (χ4n) is 3.16. The summed E-state index contributed by atoms with van der Waals surface area (Å²) in [5.41, 5.74) is 0. The molecule has 0 fully saturated rings. The van der Waals surface area contributed by atoms with Crippen LogP contribution in [0.25, 0.3) is 0 Å². The lowest BCUT2D eigenvalue weighted by Crippen LogP contribution is -1.99. The van der Waals surface area contributed by atoms with Crippen LogP contribution in [0.3, 0.4) is 0 Å². The van der Waals surface area contributed by atoms with E-state index in [1.165, 1.54) is 64.2 Å². The van der Waals surface area contributed by atoms with E-state index in [4.69, 9.17) is 4.11 Å². The van der Waals surface area contributed by atoms with E-state index in [9.17, 15) is 4.79 Å². The van der Waals surface area contributed by atoms with Crippen LogP contribution in [0.1, 0.15) is 133 Å². The fourth-order valence-corrected chi connectivity index (χ4v) is 3.16. The molecule has 0 radical (unpaired) electrons. The highest BCUT2D eigenvalue weighted by atomic mass is 16.5. The Morgan fingerprint density at radius 1 is 0.679 bits per heavy atom. The van der Waals surface area contributed by atoms with Crippen molar-refractivity contribution in [3.8, 4) is 23.7 Å². The van der Waals surface area contributed by atoms with E-state index >= 15 is 0 Å². The Labute approximate surface area is 179 Å². The third kappa shape index (κ3) is 22.6. The highest BCUT2D eigenvalue weighted by Crippen LogP contribution is 2.11. The molecule has 0 aliphatic heterocycles. The van der Waals surface area contributed by atoms with Crippen molar-refractivity contribution < 1.29 is 13.6 Å². The number of ether oxygens (including phenoxy) is 1. The third-order valence-corrected chi connectivity index (χ3v) is 4.94. The van der Waals surface area contributed by atoms with Crippen molar-refractivity contribution in [3.05, 3.63) is 0 Å². The lowest BCUT2D eigenvalue weighted by atomic mass is 10.1. The van der Waals surface area contributed by atoms with E-state index in [2.05, 4.69) is 35.3 Å². The molecule has 2 heteroatoms. The minimum Gasteiger partial charge on any atom is -0.469 e. The summed E-state index contributed by atoms with van der Waals surface area (Å²) in [6, 6.07) is 0. The van der Waals surface area contributed by atoms with Gasteiger partial charge in [0.25, 0.3) is 0 Å². The van der Waals surface area contributed by atoms with Crippen LogP contribution in [0.5, 0.6) is 0 Å². The Morgan fingerprint density at radius 2 is 1.11 bits per heavy atom. The maximum Gasteiger partial charge on any atom is 0.305 e. The highest BCUT2D eigenvalue weighted by Gasteiger charge is 1.98. The number of methoxy groups -OCH3 is 1. The molecule has 0 amide bonds. The van der Waals surface area contributed by atoms with Gasteiger partial charge in [0.2, 0.25) is 0 Å². The van der Waals surface area contributed by atoms with Crippen molar-refractivity contribution in [2.75, 3.05) is 7.04 Å². The predicted octanol–water partition coefficient (Wildman–Crippen LogP) is 7.60. The number of carbonyl (C=O) groups excluding carboxylic acids is 1. The summed E-state index contributed by atoms with van der Waals surface area (Å²) in [5, 5.41) is 0. The molecule has 28 heavy (non-hydrogen) atoms. The molecule has 0 unspecified atom stereocenters. The van der Waals surface area contributed by atoms with Crippen molar-refractivity contribution in [3.63, 3.8) is 0 Å². The van der Waals surface area contributed by atoms with E-state index in [0.29, 0.717) is 6.42 Å². The molecule has 160 valence electrons. The quantitative estimate of drug-likeness (QED) is 0.137. The first-order valence-electron chi connectivity index (χ1n) is 13.1. The third-order valence-electron chi connectivity index (χ3n) is 4.94. The van der Waals surface area contributed by atoms with Crippen LogP contribution in [0.15, 0.2) is 0 Å². The molecular formula is C26H44O2. The molecule has 0 aromatic carbocycles. The normalized spacial score (nSPS) is 12.0. The lowest BCUT2D eigenvalue weighted by molar-refractivity contribution is -0.140. The van der Waals surface area contributed by atoms with Gasteiger partial charge in [-0.3, -0.25) is 4.79 Å². The maximum absolute atomic E-state index is 11.3. The van der Waals surface area contributed by atoms with Crippen LogP contribution in [-0.4, -0.2) is 13.0 Å². The second-order valence-electron chi connectivity index (χ2n) is 7.63. The van der Waals surface area contributed by atoms with Crippen LogP contribution >= 0.6 is 0 Å². The number of esters is 1. The molecule has 2 nitrogen and oxygen atoms in total. The Morgan fingerprint density at radius 3 is 1.57 bits per heavy atom. The first-order chi connectivity index (χ1) is 15.0. The number of unbranched alkanes of at least 4 members (excludes halogenated alkanes) is 16. The second kappa shape index (κ2) is 23.6. The predicted molar refractivity (Wildman–Crippen MR) is 121 cm³/mol. The summed E-state index contributed by atoms with van der Waals surface area (Å²) in [7, 11) is -2.62. The van der Waals surface area contributed by atoms with Crippen molar-refractivity contribution in [1.29, 1.82) is 0 Å². The molecule has 0 rings (SSSR count). The summed E-state index contributed by atoms with van der Waals surface area (Å²) < 4.78 is 24.9. The molecule has 0 bridgehead atoms. The van der Waals surface area contributed by atoms with Gasteiger partial charge in [0.1, 0.15) is 0 Å². The summed E-state index contributed by atoms with van der Waals surface area (Å²) in [6.07, 6.45) is 21.5. The summed E-state index contributed by atoms with van der Waals surface area (Å²) in [6.45, 7) is 2.26. The van der Waals surface area contributed by atoms with Crippen LogP contribution < -0.4 is 0 Å². The smallest absolute Gasteiger partial charge is 0.305 e. The first-order valence-corrected chi connectivity index (χ1v) is 11.6. The molecule has 0 aliphatic rings. The Kier molecular flexibility index (Phi) is 18.0. The van der Waals surface area contributed by atoms with Crippen molar-refractivity contribution in [1.82, 2.24) is 0 Å². The van der Waals surface area contributed by atoms with Gasteiger partial charge in [-0.25, -0.2) is 0 Å². The zero-order valence-corrected chi connectivity index (χ0v) is 18.3. The molecule has 0 atom stereocenters. The van der Waals surface area contributed by atoms with Gasteiger partial charge >= 0.3 is 5.97 Å². The number of hydrogen-bond donors (Lipinski definition) is 0. The van der Waals surface area contributed by atoms with Gasteiger partial charge in [-0.05, 0) is 31.1 Å². The van der Waals surface area contributed by atoms with E-state index in [1.54, 1.807) is 0 Å². The van der Waals surface area contributed by atoms with E-state index in [1.807, 2.05) is 0 Å². The molecule has 0 aromatic heterocycles. The molecule has 0 heterocycles. The van der Waals surface area contributed by atoms with Crippen molar-refractivity contribution >= 4 is 5.97 Å². The Hall–Kier alpha value is -1.41. The SMILES string of the molecule is [2H]C([2H])([2H])OC(=O)CCCCCCCCC#CC#CCCCCCCCCCCCC. The summed E-state index contributed by atoms with van der Waals surface area (Å²) in [5.74, 6) is 11.6. The maximum atomic E-state index is 11.3. The van der Waals surface area contributed by atoms with Crippen molar-refractivity contribution in [2.24, 2.45) is 0 Å². The van der Waals surface area contributed by atoms with Gasteiger partial charge in [-0.15, -0.1) is 0 Å². The molecule has 0 N–H and O–H groups in total. The minimum absolute atomic E-state index is 0.182. The standard InChI is InChI=1S/C26H44O2/c1-3-4-5-6-7-8-9-10-11-12-13-14-15-16-17-18-19-20-21-22-23-24-25-26(27)28-2/h3-13,18-25H2,1-2H3/i2D3. The van der Waals surface area contributed by atoms with Crippen LogP contribution in [-0.2, 0) is 9.53 Å². The first kappa shape index (κ1) is 21.3. The Bertz CT molecular complexity index is 547. The van der Waals surface area contributed by atoms with Crippen LogP contribution in [0.4, 0.5) is 0 Å². The molecular weight excluding hydrogens is 344 g/mol. The van der Waals surface area contributed by atoms with Crippen molar-refractivity contribution in [2.45, 2.75) is 129 Å². The van der Waals surface area contributed by atoms with Gasteiger partial charge in [-0.2, -0.15) is 0 Å². The monoisotopic (exact) mass is 391 g/mol. The zero-order chi connectivity index (χ0) is 23.0. The number of rotatable bonds is 18. The zero-order valence-electron chi connectivity index (χ0n) is 21.3. The summed E-state index contributed by atoms with van der Waals surface area (Å²) >= 11 is 0. The van der Waals surface area contributed by atoms with E-state index < -0.39 is 13.0 Å². The minimum atomic E-state index is -2.62. The lowest BCUT2D eigenvalue weighted by Gasteiger charge is -2.00. The molecule has 0 aliphatic carbocycles. The van der Waals surface area contributed by atoms with E-state index in [-0.39, 0.29) is 6.42 Å². The fraction of sp³-hybridized carbons (Fsp3) is 0.808. The van der Waals surface area contributed by atoms with Gasteiger partial charge < -0.3 is 4.74 Å². The number of hydrogen-bond acceptors (Lipinski definition) is 2. The Balaban J connectivity index is 3.34. The van der Waals surface area contributed by atoms with Gasteiger partial charge in [-0.1, -0.05) is 102 Å². The number of carbonyl (C=O) groups is 1. The van der Waals surface area contributed by atoms with Crippen LogP contribution in [0.2, 0.25) is 0 Å². The molecule has 0 saturated carbocycles. The highest BCUT2D eigenvalue weighted by molar-refractivity contribution is 5.68. The van der Waals surface area contributed by atoms with E-state index in [0.717, 1.165) is 44.9 Å². The van der Waals surface area contributed by atoms with Crippen LogP contribution in [0, 0.1) is 23.7 Å². The van der Waals surface area contributed by atoms with Gasteiger partial charge in [0, 0.05) is 19.3 Å². The molecule has 0 saturated heterocycles. The second-order valence-corrected chi connectivity index (χ2v) is 7.63. The molecule has 0 spiro atoms. The average molecular weight is 392 g/mol. The van der Waals surface area contributed by atoms with Gasteiger partial charge in [0.15, 0.2) is 0 Å². The van der Waals surface area contributed by atoms with Gasteiger partial charge in [0.05, 0.1) is 11.2 Å². The molecule has 0 aromatic rings.